The van der Waals surface area contributed by atoms with E-state index in [1.807, 2.05) is 34.9 Å². The van der Waals surface area contributed by atoms with E-state index in [0.717, 1.165) is 39.7 Å². The van der Waals surface area contributed by atoms with Gasteiger partial charge in [-0.1, -0.05) is 58.0 Å². The van der Waals surface area contributed by atoms with Gasteiger partial charge in [0.25, 0.3) is 0 Å². The van der Waals surface area contributed by atoms with Crippen LogP contribution in [0.25, 0.3) is 11.4 Å². The van der Waals surface area contributed by atoms with E-state index in [-0.39, 0.29) is 0 Å². The van der Waals surface area contributed by atoms with Gasteiger partial charge in [0.2, 0.25) is 5.89 Å². The quantitative estimate of drug-likeness (QED) is 0.394. The van der Waals surface area contributed by atoms with Gasteiger partial charge in [-0.25, -0.2) is 0 Å². The molecule has 25 heavy (non-hydrogen) atoms. The third-order valence-corrected chi connectivity index (χ3v) is 4.92. The number of benzene rings is 1. The fourth-order valence-corrected chi connectivity index (χ4v) is 3.35. The van der Waals surface area contributed by atoms with Crippen LogP contribution in [-0.4, -0.2) is 24.9 Å². The highest BCUT2D eigenvalue weighted by molar-refractivity contribution is 9.10. The van der Waals surface area contributed by atoms with Crippen molar-refractivity contribution in [3.8, 4) is 11.4 Å². The van der Waals surface area contributed by atoms with Gasteiger partial charge in [0.1, 0.15) is 0 Å². The lowest BCUT2D eigenvalue weighted by Gasteiger charge is -2.07. The number of aromatic nitrogens is 5. The highest BCUT2D eigenvalue weighted by atomic mass is 79.9. The zero-order chi connectivity index (χ0) is 17.6. The molecular weight excluding hydrogens is 402 g/mol. The molecule has 6 nitrogen and oxygen atoms in total. The second-order valence-electron chi connectivity index (χ2n) is 5.36. The molecule has 3 rings (SSSR count). The van der Waals surface area contributed by atoms with E-state index >= 15 is 0 Å². The summed E-state index contributed by atoms with van der Waals surface area (Å²) in [5.74, 6) is 2.73. The first-order valence-corrected chi connectivity index (χ1v) is 9.73. The van der Waals surface area contributed by atoms with Gasteiger partial charge in [-0.05, 0) is 18.6 Å². The van der Waals surface area contributed by atoms with Crippen LogP contribution in [0.2, 0.25) is 0 Å². The maximum atomic E-state index is 5.28. The van der Waals surface area contributed by atoms with E-state index in [1.165, 1.54) is 11.8 Å². The second-order valence-corrected chi connectivity index (χ2v) is 7.21. The lowest BCUT2D eigenvalue weighted by molar-refractivity contribution is 0.384. The fraction of sp³-hybridized carbons (Fsp3) is 0.294. The Balaban J connectivity index is 1.78. The minimum absolute atomic E-state index is 0.562. The Morgan fingerprint density at radius 2 is 2.08 bits per heavy atom. The molecular formula is C17H18BrN5OS. The number of hydrogen-bond acceptors (Lipinski definition) is 6. The average molecular weight is 420 g/mol. The summed E-state index contributed by atoms with van der Waals surface area (Å²) >= 11 is 4.98. The van der Waals surface area contributed by atoms with Crippen molar-refractivity contribution in [2.75, 3.05) is 0 Å². The van der Waals surface area contributed by atoms with Gasteiger partial charge in [0, 0.05) is 23.0 Å². The lowest BCUT2D eigenvalue weighted by Crippen LogP contribution is -2.00. The van der Waals surface area contributed by atoms with Crippen LogP contribution in [0, 0.1) is 0 Å². The molecule has 0 unspecified atom stereocenters. The van der Waals surface area contributed by atoms with Gasteiger partial charge >= 0.3 is 0 Å². The molecule has 0 saturated carbocycles. The Morgan fingerprint density at radius 1 is 1.28 bits per heavy atom. The summed E-state index contributed by atoms with van der Waals surface area (Å²) in [5.41, 5.74) is 1.01. The predicted molar refractivity (Wildman–Crippen MR) is 101 cm³/mol. The second kappa shape index (κ2) is 8.44. The van der Waals surface area contributed by atoms with Crippen LogP contribution in [0.1, 0.15) is 25.1 Å². The third kappa shape index (κ3) is 4.38. The highest BCUT2D eigenvalue weighted by Gasteiger charge is 2.15. The number of rotatable bonds is 8. The van der Waals surface area contributed by atoms with Gasteiger partial charge in [0.15, 0.2) is 16.8 Å². The molecule has 0 saturated heterocycles. The number of allylic oxidation sites excluding steroid dienone is 1. The Labute approximate surface area is 158 Å². The SMILES string of the molecule is C=CCn1c(SCc2nc(CCC)no2)nnc1-c1ccc(Br)cc1. The molecule has 2 aromatic heterocycles. The number of hydrogen-bond donors (Lipinski definition) is 0. The molecule has 0 aliphatic rings. The Kier molecular flexibility index (Phi) is 6.04. The first-order chi connectivity index (χ1) is 12.2. The predicted octanol–water partition coefficient (Wildman–Crippen LogP) is 4.52. The van der Waals surface area contributed by atoms with Crippen LogP contribution in [0.5, 0.6) is 0 Å². The van der Waals surface area contributed by atoms with Crippen LogP contribution < -0.4 is 0 Å². The van der Waals surface area contributed by atoms with Crippen molar-refractivity contribution < 1.29 is 4.52 Å². The average Bonchev–Trinajstić information content (AvgIpc) is 3.22. The monoisotopic (exact) mass is 419 g/mol. The number of halogens is 1. The van der Waals surface area contributed by atoms with E-state index in [4.69, 9.17) is 4.52 Å². The Hall–Kier alpha value is -1.93. The molecule has 0 N–H and O–H groups in total. The first-order valence-electron chi connectivity index (χ1n) is 7.95. The zero-order valence-electron chi connectivity index (χ0n) is 13.9. The van der Waals surface area contributed by atoms with Crippen molar-refractivity contribution in [3.05, 3.63) is 53.1 Å². The first kappa shape index (κ1) is 17.9. The molecule has 130 valence electrons. The van der Waals surface area contributed by atoms with Crippen molar-refractivity contribution >= 4 is 27.7 Å². The summed E-state index contributed by atoms with van der Waals surface area (Å²) in [6.07, 6.45) is 3.66. The number of thioether (sulfide) groups is 1. The minimum Gasteiger partial charge on any atom is -0.338 e. The van der Waals surface area contributed by atoms with E-state index in [9.17, 15) is 0 Å². The summed E-state index contributed by atoms with van der Waals surface area (Å²) in [5, 5.41) is 13.4. The van der Waals surface area contributed by atoms with Gasteiger partial charge in [-0.3, -0.25) is 4.57 Å². The van der Waals surface area contributed by atoms with E-state index in [1.54, 1.807) is 0 Å². The van der Waals surface area contributed by atoms with Crippen LogP contribution in [0.4, 0.5) is 0 Å². The number of aryl methyl sites for hydroxylation is 1. The summed E-state index contributed by atoms with van der Waals surface area (Å²) in [6.45, 7) is 6.55. The maximum absolute atomic E-state index is 5.28. The summed E-state index contributed by atoms with van der Waals surface area (Å²) in [7, 11) is 0. The fourth-order valence-electron chi connectivity index (χ4n) is 2.30. The normalized spacial score (nSPS) is 11.0. The molecule has 0 bridgehead atoms. The largest absolute Gasteiger partial charge is 0.338 e. The van der Waals surface area contributed by atoms with Crippen molar-refractivity contribution in [2.24, 2.45) is 0 Å². The standard InChI is InChI=1S/C17H18BrN5OS/c1-3-5-14-19-15(24-22-14)11-25-17-21-20-16(23(17)10-4-2)12-6-8-13(18)9-7-12/h4,6-9H,2-3,5,10-11H2,1H3. The molecule has 1 aromatic carbocycles. The maximum Gasteiger partial charge on any atom is 0.237 e. The molecule has 0 fully saturated rings. The molecule has 0 aliphatic heterocycles. The van der Waals surface area contributed by atoms with Crippen molar-refractivity contribution in [2.45, 2.75) is 37.2 Å². The van der Waals surface area contributed by atoms with E-state index < -0.39 is 0 Å². The van der Waals surface area contributed by atoms with Gasteiger partial charge < -0.3 is 4.52 Å². The molecule has 0 amide bonds. The highest BCUT2D eigenvalue weighted by Crippen LogP contribution is 2.27. The molecule has 0 atom stereocenters. The Morgan fingerprint density at radius 3 is 2.80 bits per heavy atom. The molecule has 0 aliphatic carbocycles. The molecule has 0 spiro atoms. The Bertz CT molecular complexity index is 843. The van der Waals surface area contributed by atoms with Crippen molar-refractivity contribution in [1.29, 1.82) is 0 Å². The molecule has 3 aromatic rings. The van der Waals surface area contributed by atoms with Crippen LogP contribution in [-0.2, 0) is 18.7 Å². The number of nitrogens with zero attached hydrogens (tertiary/aromatic N) is 5. The zero-order valence-corrected chi connectivity index (χ0v) is 16.3. The molecule has 2 heterocycles. The van der Waals surface area contributed by atoms with Gasteiger partial charge in [0.05, 0.1) is 5.75 Å². The van der Waals surface area contributed by atoms with Crippen molar-refractivity contribution in [3.63, 3.8) is 0 Å². The van der Waals surface area contributed by atoms with Crippen LogP contribution >= 0.6 is 27.7 Å². The third-order valence-electron chi connectivity index (χ3n) is 3.44. The molecule has 0 radical (unpaired) electrons. The van der Waals surface area contributed by atoms with Crippen molar-refractivity contribution in [1.82, 2.24) is 24.9 Å². The topological polar surface area (TPSA) is 69.6 Å². The van der Waals surface area contributed by atoms with E-state index in [0.29, 0.717) is 18.2 Å². The summed E-state index contributed by atoms with van der Waals surface area (Å²) in [6, 6.07) is 8.00. The van der Waals surface area contributed by atoms with Gasteiger partial charge in [-0.2, -0.15) is 4.98 Å². The summed E-state index contributed by atoms with van der Waals surface area (Å²) < 4.78 is 8.34. The van der Waals surface area contributed by atoms with E-state index in [2.05, 4.69) is 49.8 Å². The van der Waals surface area contributed by atoms with Gasteiger partial charge in [-0.15, -0.1) is 16.8 Å². The lowest BCUT2D eigenvalue weighted by atomic mass is 10.2. The van der Waals surface area contributed by atoms with Crippen LogP contribution in [0.3, 0.4) is 0 Å². The molecule has 8 heteroatoms. The smallest absolute Gasteiger partial charge is 0.237 e. The minimum atomic E-state index is 0.562. The summed E-state index contributed by atoms with van der Waals surface area (Å²) in [4.78, 5) is 4.38. The van der Waals surface area contributed by atoms with Crippen LogP contribution in [0.15, 0.2) is 51.1 Å².